The fourth-order valence-corrected chi connectivity index (χ4v) is 3.53. The lowest BCUT2D eigenvalue weighted by Gasteiger charge is -2.25. The maximum Gasteiger partial charge on any atom is 0.232 e. The Kier molecular flexibility index (Phi) is 4.81. The number of likely N-dealkylation sites (tertiary alicyclic amines) is 1. The number of hydrogen-bond acceptors (Lipinski definition) is 5. The number of para-hydroxylation sites is 1. The number of carbonyl (C=O) groups is 1. The van der Waals surface area contributed by atoms with Crippen molar-refractivity contribution in [1.29, 1.82) is 0 Å². The van der Waals surface area contributed by atoms with E-state index in [-0.39, 0.29) is 23.7 Å². The topological polar surface area (TPSA) is 68.5 Å². The number of carbonyl (C=O) groups excluding carboxylic acids is 1. The van der Waals surface area contributed by atoms with Gasteiger partial charge in [0.05, 0.1) is 24.6 Å². The number of halogens is 1. The van der Waals surface area contributed by atoms with E-state index in [2.05, 4.69) is 10.1 Å². The predicted octanol–water partition coefficient (Wildman–Crippen LogP) is 3.96. The van der Waals surface area contributed by atoms with Gasteiger partial charge in [-0.3, -0.25) is 4.79 Å². The van der Waals surface area contributed by atoms with Crippen molar-refractivity contribution in [2.45, 2.75) is 25.3 Å². The van der Waals surface area contributed by atoms with E-state index in [1.165, 1.54) is 12.1 Å². The molecular weight excluding hydrogens is 361 g/mol. The van der Waals surface area contributed by atoms with Crippen LogP contribution >= 0.6 is 0 Å². The third kappa shape index (κ3) is 3.35. The summed E-state index contributed by atoms with van der Waals surface area (Å²) in [6, 6.07) is 13.5. The first-order chi connectivity index (χ1) is 13.6. The molecule has 0 saturated carbocycles. The smallest absolute Gasteiger partial charge is 0.232 e. The summed E-state index contributed by atoms with van der Waals surface area (Å²) in [4.78, 5) is 18.8. The predicted molar refractivity (Wildman–Crippen MR) is 100 cm³/mol. The van der Waals surface area contributed by atoms with Gasteiger partial charge >= 0.3 is 0 Å². The fraction of sp³-hybridized carbons (Fsp3) is 0.286. The number of benzene rings is 2. The first-order valence-corrected chi connectivity index (χ1v) is 9.08. The summed E-state index contributed by atoms with van der Waals surface area (Å²) >= 11 is 0. The molecule has 7 heteroatoms. The van der Waals surface area contributed by atoms with E-state index in [1.54, 1.807) is 24.1 Å². The molecule has 2 unspecified atom stereocenters. The van der Waals surface area contributed by atoms with Gasteiger partial charge in [-0.1, -0.05) is 29.4 Å². The van der Waals surface area contributed by atoms with Crippen molar-refractivity contribution in [2.24, 2.45) is 0 Å². The molecule has 2 heterocycles. The summed E-state index contributed by atoms with van der Waals surface area (Å²) in [7, 11) is 1.59. The summed E-state index contributed by atoms with van der Waals surface area (Å²) < 4.78 is 24.0. The van der Waals surface area contributed by atoms with E-state index in [0.717, 1.165) is 11.1 Å². The molecule has 1 amide bonds. The van der Waals surface area contributed by atoms with Crippen molar-refractivity contribution in [3.63, 3.8) is 0 Å². The van der Waals surface area contributed by atoms with Crippen LogP contribution in [0.3, 0.4) is 0 Å². The van der Waals surface area contributed by atoms with Crippen LogP contribution in [-0.4, -0.2) is 34.6 Å². The van der Waals surface area contributed by atoms with E-state index < -0.39 is 0 Å². The molecule has 1 fully saturated rings. The maximum absolute atomic E-state index is 13.2. The van der Waals surface area contributed by atoms with Gasteiger partial charge in [0, 0.05) is 13.0 Å². The molecule has 28 heavy (non-hydrogen) atoms. The van der Waals surface area contributed by atoms with Gasteiger partial charge in [0.15, 0.2) is 0 Å². The minimum Gasteiger partial charge on any atom is -0.496 e. The molecule has 6 nitrogen and oxygen atoms in total. The van der Waals surface area contributed by atoms with Crippen molar-refractivity contribution in [3.8, 4) is 17.1 Å². The molecule has 0 bridgehead atoms. The summed E-state index contributed by atoms with van der Waals surface area (Å²) in [5.41, 5.74) is 1.62. The van der Waals surface area contributed by atoms with Gasteiger partial charge in [0.25, 0.3) is 0 Å². The minimum atomic E-state index is -0.295. The van der Waals surface area contributed by atoms with E-state index >= 15 is 0 Å². The minimum absolute atomic E-state index is 0.0128. The molecule has 1 aliphatic rings. The zero-order valence-corrected chi connectivity index (χ0v) is 15.6. The van der Waals surface area contributed by atoms with Crippen molar-refractivity contribution >= 4 is 5.91 Å². The maximum atomic E-state index is 13.2. The molecule has 1 aliphatic heterocycles. The Morgan fingerprint density at radius 1 is 1.21 bits per heavy atom. The highest BCUT2D eigenvalue weighted by Gasteiger charge is 2.37. The lowest BCUT2D eigenvalue weighted by Crippen LogP contribution is -2.28. The summed E-state index contributed by atoms with van der Waals surface area (Å²) in [6.07, 6.45) is 0.305. The van der Waals surface area contributed by atoms with E-state index in [1.807, 2.05) is 31.2 Å². The molecule has 2 atom stereocenters. The monoisotopic (exact) mass is 381 g/mol. The normalized spacial score (nSPS) is 17.8. The van der Waals surface area contributed by atoms with Crippen LogP contribution in [0.1, 0.15) is 36.8 Å². The standard InChI is InChI=1S/C21H20FN3O3/c1-13(14-7-9-16(22)10-8-14)25-12-15(11-19(25)26)21-23-20(24-28-21)17-5-3-4-6-18(17)27-2/h3-10,13,15H,11-12H2,1-2H3. The first kappa shape index (κ1) is 18.2. The van der Waals surface area contributed by atoms with Crippen molar-refractivity contribution in [2.75, 3.05) is 13.7 Å². The van der Waals surface area contributed by atoms with Gasteiger partial charge in [-0.15, -0.1) is 0 Å². The van der Waals surface area contributed by atoms with Crippen LogP contribution in [0.25, 0.3) is 11.4 Å². The molecule has 2 aromatic carbocycles. The van der Waals surface area contributed by atoms with Crippen molar-refractivity contribution in [1.82, 2.24) is 15.0 Å². The van der Waals surface area contributed by atoms with Crippen LogP contribution in [0.4, 0.5) is 4.39 Å². The lowest BCUT2D eigenvalue weighted by atomic mass is 10.1. The van der Waals surface area contributed by atoms with Gasteiger partial charge < -0.3 is 14.2 Å². The Hall–Kier alpha value is -3.22. The van der Waals surface area contributed by atoms with Crippen LogP contribution in [0, 0.1) is 5.82 Å². The lowest BCUT2D eigenvalue weighted by molar-refractivity contribution is -0.129. The Bertz CT molecular complexity index is 987. The van der Waals surface area contributed by atoms with Crippen LogP contribution in [0.5, 0.6) is 5.75 Å². The number of aromatic nitrogens is 2. The Labute approximate surface area is 161 Å². The summed E-state index contributed by atoms with van der Waals surface area (Å²) in [5.74, 6) is 1.07. The van der Waals surface area contributed by atoms with Gasteiger partial charge in [0.1, 0.15) is 11.6 Å². The molecule has 3 aromatic rings. The third-order valence-corrected chi connectivity index (χ3v) is 5.12. The van der Waals surface area contributed by atoms with Crippen LogP contribution in [0.2, 0.25) is 0 Å². The fourth-order valence-electron chi connectivity index (χ4n) is 3.53. The second-order valence-electron chi connectivity index (χ2n) is 6.83. The number of methoxy groups -OCH3 is 1. The van der Waals surface area contributed by atoms with Crippen LogP contribution < -0.4 is 4.74 Å². The molecule has 0 aliphatic carbocycles. The average molecular weight is 381 g/mol. The third-order valence-electron chi connectivity index (χ3n) is 5.12. The van der Waals surface area contributed by atoms with Gasteiger partial charge in [-0.2, -0.15) is 4.98 Å². The number of hydrogen-bond donors (Lipinski definition) is 0. The van der Waals surface area contributed by atoms with E-state index in [9.17, 15) is 9.18 Å². The second kappa shape index (κ2) is 7.42. The average Bonchev–Trinajstić information content (AvgIpc) is 3.35. The number of rotatable bonds is 5. The number of ether oxygens (including phenoxy) is 1. The van der Waals surface area contributed by atoms with Gasteiger partial charge in [-0.25, -0.2) is 4.39 Å². The highest BCUT2D eigenvalue weighted by atomic mass is 19.1. The Morgan fingerprint density at radius 2 is 1.96 bits per heavy atom. The zero-order chi connectivity index (χ0) is 19.7. The Morgan fingerprint density at radius 3 is 2.71 bits per heavy atom. The van der Waals surface area contributed by atoms with Crippen LogP contribution in [-0.2, 0) is 4.79 Å². The molecule has 4 rings (SSSR count). The van der Waals surface area contributed by atoms with Crippen LogP contribution in [0.15, 0.2) is 53.1 Å². The summed E-state index contributed by atoms with van der Waals surface area (Å²) in [6.45, 7) is 2.41. The second-order valence-corrected chi connectivity index (χ2v) is 6.83. The SMILES string of the molecule is COc1ccccc1-c1noc(C2CC(=O)N(C(C)c3ccc(F)cc3)C2)n1. The van der Waals surface area contributed by atoms with Crippen molar-refractivity contribution < 1.29 is 18.4 Å². The van der Waals surface area contributed by atoms with Gasteiger partial charge in [0.2, 0.25) is 17.6 Å². The molecule has 1 aromatic heterocycles. The van der Waals surface area contributed by atoms with E-state index in [0.29, 0.717) is 30.4 Å². The highest BCUT2D eigenvalue weighted by molar-refractivity contribution is 5.80. The molecule has 0 N–H and O–H groups in total. The molecule has 1 saturated heterocycles. The number of amides is 1. The molecule has 0 spiro atoms. The highest BCUT2D eigenvalue weighted by Crippen LogP contribution is 2.35. The first-order valence-electron chi connectivity index (χ1n) is 9.08. The van der Waals surface area contributed by atoms with E-state index in [4.69, 9.17) is 9.26 Å². The quantitative estimate of drug-likeness (QED) is 0.669. The largest absolute Gasteiger partial charge is 0.496 e. The molecule has 144 valence electrons. The molecular formula is C21H20FN3O3. The van der Waals surface area contributed by atoms with Crippen molar-refractivity contribution in [3.05, 3.63) is 65.8 Å². The molecule has 0 radical (unpaired) electrons. The van der Waals surface area contributed by atoms with Gasteiger partial charge in [-0.05, 0) is 36.8 Å². The zero-order valence-electron chi connectivity index (χ0n) is 15.6. The number of nitrogens with zero attached hydrogens (tertiary/aromatic N) is 3. The Balaban J connectivity index is 1.53. The summed E-state index contributed by atoms with van der Waals surface area (Å²) in [5, 5.41) is 4.06.